The van der Waals surface area contributed by atoms with Crippen LogP contribution in [0.3, 0.4) is 0 Å². The van der Waals surface area contributed by atoms with Crippen molar-refractivity contribution in [1.29, 1.82) is 0 Å². The maximum absolute atomic E-state index is 12.6. The summed E-state index contributed by atoms with van der Waals surface area (Å²) in [6.07, 6.45) is 5.42. The third-order valence-electron chi connectivity index (χ3n) is 5.17. The van der Waals surface area contributed by atoms with Crippen molar-refractivity contribution >= 4 is 35.9 Å². The number of amides is 1. The number of anilines is 1. The molecule has 0 spiro atoms. The fourth-order valence-corrected chi connectivity index (χ4v) is 3.46. The van der Waals surface area contributed by atoms with Crippen LogP contribution in [0.1, 0.15) is 12.8 Å². The molecule has 2 aromatic heterocycles. The number of hydrogen-bond donors (Lipinski definition) is 1. The topological polar surface area (TPSA) is 75.9 Å². The maximum atomic E-state index is 12.6. The standard InChI is InChI=1S/C19H21BN6O/c1-25-7-5-12(6-8-25)19(27)22-18-17(20)15-9-13(3-4-16(15)23-24-18)14-10-21-26(2)11-14/h3-4,9-12H,5-8H2,1-2H3,(H,22,24,27). The molecule has 1 amide bonds. The number of aromatic nitrogens is 4. The summed E-state index contributed by atoms with van der Waals surface area (Å²) in [6.45, 7) is 1.84. The third-order valence-corrected chi connectivity index (χ3v) is 5.17. The zero-order valence-electron chi connectivity index (χ0n) is 15.5. The van der Waals surface area contributed by atoms with Gasteiger partial charge in [-0.15, -0.1) is 10.2 Å². The van der Waals surface area contributed by atoms with Gasteiger partial charge < -0.3 is 10.2 Å². The van der Waals surface area contributed by atoms with Crippen molar-refractivity contribution in [2.75, 3.05) is 25.5 Å². The third kappa shape index (κ3) is 3.57. The molecule has 136 valence electrons. The number of carbonyl (C=O) groups is 1. The molecule has 2 radical (unpaired) electrons. The zero-order chi connectivity index (χ0) is 19.0. The first-order valence-electron chi connectivity index (χ1n) is 9.05. The van der Waals surface area contributed by atoms with E-state index in [4.69, 9.17) is 7.85 Å². The lowest BCUT2D eigenvalue weighted by Gasteiger charge is -2.28. The summed E-state index contributed by atoms with van der Waals surface area (Å²) < 4.78 is 1.75. The number of carbonyl (C=O) groups excluding carboxylic acids is 1. The van der Waals surface area contributed by atoms with E-state index in [1.165, 1.54) is 0 Å². The van der Waals surface area contributed by atoms with Crippen molar-refractivity contribution < 1.29 is 4.79 Å². The second kappa shape index (κ2) is 7.11. The molecule has 1 aliphatic rings. The Balaban J connectivity index is 1.61. The summed E-state index contributed by atoms with van der Waals surface area (Å²) in [7, 11) is 10.3. The molecule has 1 N–H and O–H groups in total. The van der Waals surface area contributed by atoms with Gasteiger partial charge in [0.05, 0.1) is 11.7 Å². The van der Waals surface area contributed by atoms with Crippen molar-refractivity contribution in [2.45, 2.75) is 12.8 Å². The number of likely N-dealkylation sites (tertiary alicyclic amines) is 1. The average Bonchev–Trinajstić information content (AvgIpc) is 3.11. The van der Waals surface area contributed by atoms with Crippen molar-refractivity contribution in [3.8, 4) is 11.1 Å². The summed E-state index contributed by atoms with van der Waals surface area (Å²) in [4.78, 5) is 14.8. The molecular formula is C19H21BN6O. The van der Waals surface area contributed by atoms with Crippen molar-refractivity contribution in [2.24, 2.45) is 13.0 Å². The van der Waals surface area contributed by atoms with E-state index >= 15 is 0 Å². The second-order valence-electron chi connectivity index (χ2n) is 7.16. The largest absolute Gasteiger partial charge is 0.309 e. The predicted molar refractivity (Wildman–Crippen MR) is 106 cm³/mol. The van der Waals surface area contributed by atoms with Gasteiger partial charge in [0.2, 0.25) is 5.91 Å². The molecule has 3 heterocycles. The van der Waals surface area contributed by atoms with Gasteiger partial charge in [-0.3, -0.25) is 9.48 Å². The van der Waals surface area contributed by atoms with E-state index in [0.717, 1.165) is 42.4 Å². The summed E-state index contributed by atoms with van der Waals surface area (Å²) in [5, 5.41) is 16.2. The maximum Gasteiger partial charge on any atom is 0.228 e. The fraction of sp³-hybridized carbons (Fsp3) is 0.368. The molecule has 3 aromatic rings. The molecule has 0 atom stereocenters. The smallest absolute Gasteiger partial charge is 0.228 e. The normalized spacial score (nSPS) is 15.9. The number of benzene rings is 1. The Hall–Kier alpha value is -2.74. The summed E-state index contributed by atoms with van der Waals surface area (Å²) >= 11 is 0. The summed E-state index contributed by atoms with van der Waals surface area (Å²) in [6, 6.07) is 5.80. The number of hydrogen-bond acceptors (Lipinski definition) is 5. The molecule has 1 aromatic carbocycles. The van der Waals surface area contributed by atoms with Crippen LogP contribution in [-0.2, 0) is 11.8 Å². The van der Waals surface area contributed by atoms with Crippen LogP contribution in [0.15, 0.2) is 30.6 Å². The molecule has 0 saturated carbocycles. The highest BCUT2D eigenvalue weighted by molar-refractivity contribution is 6.42. The number of aryl methyl sites for hydroxylation is 1. The Morgan fingerprint density at radius 1 is 1.19 bits per heavy atom. The predicted octanol–water partition coefficient (Wildman–Crippen LogP) is 1.10. The zero-order valence-corrected chi connectivity index (χ0v) is 15.5. The average molecular weight is 360 g/mol. The minimum Gasteiger partial charge on any atom is -0.309 e. The molecule has 0 aliphatic carbocycles. The Morgan fingerprint density at radius 2 is 1.96 bits per heavy atom. The molecule has 7 nitrogen and oxygen atoms in total. The molecule has 4 rings (SSSR count). The van der Waals surface area contributed by atoms with E-state index in [1.54, 1.807) is 10.9 Å². The summed E-state index contributed by atoms with van der Waals surface area (Å²) in [5.74, 6) is 0.279. The van der Waals surface area contributed by atoms with Gasteiger partial charge in [0.1, 0.15) is 13.7 Å². The van der Waals surface area contributed by atoms with Gasteiger partial charge in [0.15, 0.2) is 0 Å². The molecule has 1 aliphatic heterocycles. The first-order chi connectivity index (χ1) is 13.0. The molecule has 0 bridgehead atoms. The number of nitrogens with zero attached hydrogens (tertiary/aromatic N) is 5. The quantitative estimate of drug-likeness (QED) is 0.708. The second-order valence-corrected chi connectivity index (χ2v) is 7.16. The number of fused-ring (bicyclic) bond motifs is 1. The first kappa shape index (κ1) is 17.7. The number of rotatable bonds is 3. The van der Waals surface area contributed by atoms with Crippen LogP contribution >= 0.6 is 0 Å². The molecule has 8 heteroatoms. The van der Waals surface area contributed by atoms with E-state index in [2.05, 4.69) is 32.6 Å². The fourth-order valence-electron chi connectivity index (χ4n) is 3.46. The lowest BCUT2D eigenvalue weighted by molar-refractivity contribution is -0.121. The Morgan fingerprint density at radius 3 is 2.67 bits per heavy atom. The molecule has 1 saturated heterocycles. The van der Waals surface area contributed by atoms with Crippen LogP contribution in [0.25, 0.3) is 22.0 Å². The van der Waals surface area contributed by atoms with E-state index < -0.39 is 0 Å². The van der Waals surface area contributed by atoms with Crippen molar-refractivity contribution in [1.82, 2.24) is 24.9 Å². The number of piperidine rings is 1. The lowest BCUT2D eigenvalue weighted by atomic mass is 9.90. The molecular weight excluding hydrogens is 339 g/mol. The van der Waals surface area contributed by atoms with Gasteiger partial charge >= 0.3 is 0 Å². The minimum atomic E-state index is -0.0353. The van der Waals surface area contributed by atoms with Gasteiger partial charge in [-0.2, -0.15) is 5.10 Å². The van der Waals surface area contributed by atoms with Crippen molar-refractivity contribution in [3.05, 3.63) is 30.6 Å². The Bertz CT molecular complexity index is 993. The molecule has 1 fully saturated rings. The molecule has 27 heavy (non-hydrogen) atoms. The highest BCUT2D eigenvalue weighted by atomic mass is 16.2. The Kier molecular flexibility index (Phi) is 4.65. The van der Waals surface area contributed by atoms with Crippen LogP contribution in [0.5, 0.6) is 0 Å². The monoisotopic (exact) mass is 360 g/mol. The Labute approximate surface area is 159 Å². The molecule has 0 unspecified atom stereocenters. The van der Waals surface area contributed by atoms with Crippen LogP contribution in [0, 0.1) is 5.92 Å². The van der Waals surface area contributed by atoms with Crippen LogP contribution in [0.4, 0.5) is 5.82 Å². The van der Waals surface area contributed by atoms with Crippen molar-refractivity contribution in [3.63, 3.8) is 0 Å². The van der Waals surface area contributed by atoms with Crippen LogP contribution in [0.2, 0.25) is 0 Å². The van der Waals surface area contributed by atoms with E-state index in [0.29, 0.717) is 16.8 Å². The lowest BCUT2D eigenvalue weighted by Crippen LogP contribution is -2.36. The van der Waals surface area contributed by atoms with Gasteiger partial charge in [-0.1, -0.05) is 6.07 Å². The van der Waals surface area contributed by atoms with Crippen LogP contribution in [-0.4, -0.2) is 58.8 Å². The van der Waals surface area contributed by atoms with E-state index in [1.807, 2.05) is 31.4 Å². The van der Waals surface area contributed by atoms with Gasteiger partial charge in [-0.05, 0) is 61.5 Å². The van der Waals surface area contributed by atoms with E-state index in [-0.39, 0.29) is 11.8 Å². The van der Waals surface area contributed by atoms with Gasteiger partial charge in [0, 0.05) is 24.7 Å². The minimum absolute atomic E-state index is 0.0141. The highest BCUT2D eigenvalue weighted by Gasteiger charge is 2.24. The first-order valence-corrected chi connectivity index (χ1v) is 9.05. The SMILES string of the molecule is [B]c1c(NC(=O)C2CCN(C)CC2)nnc2ccc(-c3cnn(C)c3)cc12. The van der Waals surface area contributed by atoms with Gasteiger partial charge in [-0.25, -0.2) is 0 Å². The summed E-state index contributed by atoms with van der Waals surface area (Å²) in [5.41, 5.74) is 3.11. The van der Waals surface area contributed by atoms with E-state index in [9.17, 15) is 4.79 Å². The highest BCUT2D eigenvalue weighted by Crippen LogP contribution is 2.23. The number of nitrogens with one attached hydrogen (secondary N) is 1. The van der Waals surface area contributed by atoms with Gasteiger partial charge in [0.25, 0.3) is 0 Å². The van der Waals surface area contributed by atoms with Crippen LogP contribution < -0.4 is 10.8 Å².